The van der Waals surface area contributed by atoms with Crippen molar-refractivity contribution in [2.75, 3.05) is 17.6 Å². The molecule has 23 heavy (non-hydrogen) atoms. The molecule has 0 aliphatic carbocycles. The highest BCUT2D eigenvalue weighted by Gasteiger charge is 2.11. The third-order valence-electron chi connectivity index (χ3n) is 3.74. The van der Waals surface area contributed by atoms with Gasteiger partial charge in [0, 0.05) is 24.2 Å². The molecule has 0 atom stereocenters. The van der Waals surface area contributed by atoms with Gasteiger partial charge in [0.05, 0.1) is 12.5 Å². The maximum Gasteiger partial charge on any atom is 0.222 e. The quantitative estimate of drug-likeness (QED) is 0.767. The van der Waals surface area contributed by atoms with Crippen LogP contribution in [0.15, 0.2) is 24.3 Å². The van der Waals surface area contributed by atoms with Crippen molar-refractivity contribution in [1.82, 2.24) is 9.97 Å². The minimum absolute atomic E-state index is 0.301. The second kappa shape index (κ2) is 8.14. The Morgan fingerprint density at radius 1 is 1.17 bits per heavy atom. The number of aromatic nitrogens is 2. The highest BCUT2D eigenvalue weighted by molar-refractivity contribution is 5.51. The molecule has 5 heteroatoms. The molecule has 5 nitrogen and oxygen atoms in total. The van der Waals surface area contributed by atoms with Gasteiger partial charge >= 0.3 is 0 Å². The SMILES string of the molecule is CCCCNc1nc(N)nc(C)c1Cc1ccc(CC#N)cc1. The van der Waals surface area contributed by atoms with E-state index < -0.39 is 0 Å². The van der Waals surface area contributed by atoms with Gasteiger partial charge in [-0.25, -0.2) is 4.98 Å². The van der Waals surface area contributed by atoms with Crippen molar-refractivity contribution in [1.29, 1.82) is 5.26 Å². The number of aryl methyl sites for hydroxylation is 1. The Kier molecular flexibility index (Phi) is 5.93. The average molecular weight is 309 g/mol. The molecule has 0 saturated heterocycles. The molecule has 0 amide bonds. The molecule has 0 saturated carbocycles. The van der Waals surface area contributed by atoms with Crippen LogP contribution in [0.5, 0.6) is 0 Å². The number of nitrogens with zero attached hydrogens (tertiary/aromatic N) is 3. The summed E-state index contributed by atoms with van der Waals surface area (Å²) in [7, 11) is 0. The number of nitrogens with one attached hydrogen (secondary N) is 1. The van der Waals surface area contributed by atoms with Crippen LogP contribution in [0, 0.1) is 18.3 Å². The second-order valence-electron chi connectivity index (χ2n) is 5.60. The topological polar surface area (TPSA) is 87.6 Å². The fourth-order valence-electron chi connectivity index (χ4n) is 2.43. The Balaban J connectivity index is 2.21. The van der Waals surface area contributed by atoms with Crippen molar-refractivity contribution in [2.24, 2.45) is 0 Å². The van der Waals surface area contributed by atoms with Gasteiger partial charge in [-0.3, -0.25) is 0 Å². The van der Waals surface area contributed by atoms with E-state index in [0.29, 0.717) is 12.4 Å². The summed E-state index contributed by atoms with van der Waals surface area (Å²) in [4.78, 5) is 8.65. The molecule has 0 unspecified atom stereocenters. The number of hydrogen-bond donors (Lipinski definition) is 2. The number of anilines is 2. The molecule has 0 fully saturated rings. The molecule has 2 rings (SSSR count). The zero-order valence-corrected chi connectivity index (χ0v) is 13.8. The van der Waals surface area contributed by atoms with Crippen molar-refractivity contribution >= 4 is 11.8 Å². The molecule has 3 N–H and O–H groups in total. The zero-order valence-electron chi connectivity index (χ0n) is 13.8. The first kappa shape index (κ1) is 16.8. The standard InChI is InChI=1S/C18H23N5/c1-3-4-11-21-17-16(13(2)22-18(20)23-17)12-15-7-5-14(6-8-15)9-10-19/h5-8H,3-4,9,11-12H2,1-2H3,(H3,20,21,22,23). The van der Waals surface area contributed by atoms with Crippen molar-refractivity contribution in [3.8, 4) is 6.07 Å². The van der Waals surface area contributed by atoms with Crippen LogP contribution in [0.4, 0.5) is 11.8 Å². The number of nitrogen functional groups attached to an aromatic ring is 1. The molecule has 0 bridgehead atoms. The Labute approximate surface area is 137 Å². The predicted octanol–water partition coefficient (Wildman–Crippen LogP) is 3.24. The molecule has 0 spiro atoms. The van der Waals surface area contributed by atoms with Crippen LogP contribution in [-0.4, -0.2) is 16.5 Å². The summed E-state index contributed by atoms with van der Waals surface area (Å²) in [5, 5.41) is 12.1. The van der Waals surface area contributed by atoms with Gasteiger partial charge < -0.3 is 11.1 Å². The van der Waals surface area contributed by atoms with E-state index in [9.17, 15) is 0 Å². The molecule has 0 aliphatic rings. The zero-order chi connectivity index (χ0) is 16.7. The molecule has 1 aromatic carbocycles. The van der Waals surface area contributed by atoms with E-state index in [1.807, 2.05) is 19.1 Å². The summed E-state index contributed by atoms with van der Waals surface area (Å²) >= 11 is 0. The number of unbranched alkanes of at least 4 members (excludes halogenated alkanes) is 1. The monoisotopic (exact) mass is 309 g/mol. The third kappa shape index (κ3) is 4.68. The summed E-state index contributed by atoms with van der Waals surface area (Å²) in [5.74, 6) is 1.12. The van der Waals surface area contributed by atoms with Crippen LogP contribution in [-0.2, 0) is 12.8 Å². The minimum Gasteiger partial charge on any atom is -0.370 e. The first-order valence-corrected chi connectivity index (χ1v) is 7.95. The number of nitriles is 1. The van der Waals surface area contributed by atoms with Crippen molar-refractivity contribution in [3.05, 3.63) is 46.6 Å². The third-order valence-corrected chi connectivity index (χ3v) is 3.74. The van der Waals surface area contributed by atoms with Crippen LogP contribution in [0.2, 0.25) is 0 Å². The average Bonchev–Trinajstić information content (AvgIpc) is 2.53. The van der Waals surface area contributed by atoms with Crippen LogP contribution in [0.3, 0.4) is 0 Å². The summed E-state index contributed by atoms with van der Waals surface area (Å²) in [6.45, 7) is 4.99. The fraction of sp³-hybridized carbons (Fsp3) is 0.389. The summed E-state index contributed by atoms with van der Waals surface area (Å²) in [5.41, 5.74) is 9.96. The molecular weight excluding hydrogens is 286 g/mol. The summed E-state index contributed by atoms with van der Waals surface area (Å²) in [6, 6.07) is 10.3. The molecule has 120 valence electrons. The van der Waals surface area contributed by atoms with Crippen LogP contribution in [0.1, 0.15) is 42.1 Å². The Hall–Kier alpha value is -2.61. The number of benzene rings is 1. The van der Waals surface area contributed by atoms with Gasteiger partial charge in [0.1, 0.15) is 5.82 Å². The molecule has 2 aromatic rings. The van der Waals surface area contributed by atoms with E-state index in [-0.39, 0.29) is 0 Å². The van der Waals surface area contributed by atoms with E-state index >= 15 is 0 Å². The number of hydrogen-bond acceptors (Lipinski definition) is 5. The molecule has 0 radical (unpaired) electrons. The minimum atomic E-state index is 0.301. The van der Waals surface area contributed by atoms with E-state index in [1.54, 1.807) is 0 Å². The lowest BCUT2D eigenvalue weighted by molar-refractivity contribution is 0.827. The predicted molar refractivity (Wildman–Crippen MR) is 93.1 cm³/mol. The van der Waals surface area contributed by atoms with Crippen molar-refractivity contribution in [3.63, 3.8) is 0 Å². The molecular formula is C18H23N5. The lowest BCUT2D eigenvalue weighted by Crippen LogP contribution is -2.11. The maximum absolute atomic E-state index is 8.74. The second-order valence-corrected chi connectivity index (χ2v) is 5.60. The lowest BCUT2D eigenvalue weighted by atomic mass is 10.0. The van der Waals surface area contributed by atoms with Crippen LogP contribution < -0.4 is 11.1 Å². The molecule has 1 heterocycles. The summed E-state index contributed by atoms with van der Waals surface area (Å²) in [6.07, 6.45) is 3.40. The largest absolute Gasteiger partial charge is 0.370 e. The van der Waals surface area contributed by atoms with Gasteiger partial charge in [-0.1, -0.05) is 37.6 Å². The number of nitrogens with two attached hydrogens (primary N) is 1. The van der Waals surface area contributed by atoms with Gasteiger partial charge in [-0.15, -0.1) is 0 Å². The highest BCUT2D eigenvalue weighted by atomic mass is 15.1. The number of rotatable bonds is 7. The first-order valence-electron chi connectivity index (χ1n) is 7.95. The highest BCUT2D eigenvalue weighted by Crippen LogP contribution is 2.21. The van der Waals surface area contributed by atoms with Crippen molar-refractivity contribution in [2.45, 2.75) is 39.5 Å². The van der Waals surface area contributed by atoms with E-state index in [4.69, 9.17) is 11.0 Å². The van der Waals surface area contributed by atoms with Gasteiger partial charge in [0.15, 0.2) is 0 Å². The first-order chi connectivity index (χ1) is 11.1. The Morgan fingerprint density at radius 2 is 1.87 bits per heavy atom. The van der Waals surface area contributed by atoms with E-state index in [2.05, 4.69) is 40.4 Å². The lowest BCUT2D eigenvalue weighted by Gasteiger charge is -2.14. The fourth-order valence-corrected chi connectivity index (χ4v) is 2.43. The Morgan fingerprint density at radius 3 is 2.52 bits per heavy atom. The molecule has 0 aliphatic heterocycles. The Bertz CT molecular complexity index is 686. The van der Waals surface area contributed by atoms with E-state index in [1.165, 1.54) is 5.56 Å². The van der Waals surface area contributed by atoms with Crippen LogP contribution >= 0.6 is 0 Å². The smallest absolute Gasteiger partial charge is 0.222 e. The normalized spacial score (nSPS) is 10.3. The van der Waals surface area contributed by atoms with Crippen LogP contribution in [0.25, 0.3) is 0 Å². The summed E-state index contributed by atoms with van der Waals surface area (Å²) < 4.78 is 0. The maximum atomic E-state index is 8.74. The van der Waals surface area contributed by atoms with Gasteiger partial charge in [-0.2, -0.15) is 10.2 Å². The van der Waals surface area contributed by atoms with Gasteiger partial charge in [0.2, 0.25) is 5.95 Å². The van der Waals surface area contributed by atoms with Crippen molar-refractivity contribution < 1.29 is 0 Å². The molecule has 1 aromatic heterocycles. The van der Waals surface area contributed by atoms with Gasteiger partial charge in [-0.05, 0) is 24.5 Å². The van der Waals surface area contributed by atoms with E-state index in [0.717, 1.165) is 48.4 Å². The van der Waals surface area contributed by atoms with Gasteiger partial charge in [0.25, 0.3) is 0 Å².